The number of ether oxygens (including phenoxy) is 1. The molecule has 5 aromatic rings. The predicted molar refractivity (Wildman–Crippen MR) is 197 cm³/mol. The number of carboxylic acids is 3. The van der Waals surface area contributed by atoms with Crippen molar-refractivity contribution in [2.75, 3.05) is 18.1 Å². The van der Waals surface area contributed by atoms with Crippen LogP contribution in [0, 0.1) is 0 Å². The number of nitrogens with zero attached hydrogens (tertiary/aromatic N) is 1. The number of anilines is 2. The van der Waals surface area contributed by atoms with Crippen LogP contribution < -0.4 is 20.3 Å². The van der Waals surface area contributed by atoms with Gasteiger partial charge in [0.05, 0.1) is 23.5 Å². The quantitative estimate of drug-likeness (QED) is 0.0675. The highest BCUT2D eigenvalue weighted by Gasteiger charge is 2.30. The minimum atomic E-state index is -1.79. The SMILES string of the molecule is CC(=O)NC(Cc1ccc(N(C(=O)C(=O)O)c2ccccc2C(=O)O)c2ccccc12)C(=O)NCCCCCOc1cc2ccccc2cc1C(=O)O. The Bertz CT molecular complexity index is 2220. The summed E-state index contributed by atoms with van der Waals surface area (Å²) >= 11 is 0. The average Bonchev–Trinajstić information content (AvgIpc) is 3.14. The Balaban J connectivity index is 1.26. The van der Waals surface area contributed by atoms with Gasteiger partial charge < -0.3 is 30.7 Å². The number of unbranched alkanes of at least 4 members (excludes halogenated alkanes) is 2. The van der Waals surface area contributed by atoms with Crippen molar-refractivity contribution in [2.45, 2.75) is 38.6 Å². The number of aromatic carboxylic acids is 2. The maximum Gasteiger partial charge on any atom is 0.395 e. The molecule has 13 nitrogen and oxygen atoms in total. The molecule has 3 amide bonds. The first kappa shape index (κ1) is 37.5. The lowest BCUT2D eigenvalue weighted by atomic mass is 9.96. The summed E-state index contributed by atoms with van der Waals surface area (Å²) in [5, 5.41) is 37.3. The maximum atomic E-state index is 13.3. The van der Waals surface area contributed by atoms with Crippen molar-refractivity contribution in [1.82, 2.24) is 10.6 Å². The van der Waals surface area contributed by atoms with E-state index < -0.39 is 41.7 Å². The number of carbonyl (C=O) groups is 6. The first-order valence-electron chi connectivity index (χ1n) is 16.8. The van der Waals surface area contributed by atoms with E-state index in [4.69, 9.17) is 4.74 Å². The van der Waals surface area contributed by atoms with Crippen molar-refractivity contribution in [3.63, 3.8) is 0 Å². The summed E-state index contributed by atoms with van der Waals surface area (Å²) in [5.41, 5.74) is 0.402. The Morgan fingerprint density at radius 2 is 1.34 bits per heavy atom. The molecule has 0 fully saturated rings. The van der Waals surface area contributed by atoms with Crippen LogP contribution in [0.4, 0.5) is 11.4 Å². The van der Waals surface area contributed by atoms with Gasteiger partial charge in [-0.05, 0) is 71.3 Å². The molecule has 272 valence electrons. The topological polar surface area (TPSA) is 200 Å². The molecule has 0 bridgehead atoms. The molecule has 13 heteroatoms. The average molecular weight is 720 g/mol. The lowest BCUT2D eigenvalue weighted by molar-refractivity contribution is -0.148. The molecule has 5 rings (SSSR count). The molecular formula is C40H37N3O10. The van der Waals surface area contributed by atoms with E-state index in [2.05, 4.69) is 10.6 Å². The fourth-order valence-corrected chi connectivity index (χ4v) is 6.11. The summed E-state index contributed by atoms with van der Waals surface area (Å²) in [7, 11) is 0. The third-order valence-electron chi connectivity index (χ3n) is 8.57. The van der Waals surface area contributed by atoms with Crippen molar-refractivity contribution < 1.29 is 48.8 Å². The van der Waals surface area contributed by atoms with Crippen molar-refractivity contribution in [3.8, 4) is 5.75 Å². The molecule has 0 spiro atoms. The van der Waals surface area contributed by atoms with Gasteiger partial charge >= 0.3 is 23.8 Å². The maximum absolute atomic E-state index is 13.3. The summed E-state index contributed by atoms with van der Waals surface area (Å²) in [4.78, 5) is 75.2. The second-order valence-corrected chi connectivity index (χ2v) is 12.2. The molecule has 0 aliphatic carbocycles. The first-order valence-corrected chi connectivity index (χ1v) is 16.8. The molecule has 0 aromatic heterocycles. The minimum absolute atomic E-state index is 0.0519. The molecule has 1 unspecified atom stereocenters. The molecule has 0 radical (unpaired) electrons. The summed E-state index contributed by atoms with van der Waals surface area (Å²) < 4.78 is 5.81. The largest absolute Gasteiger partial charge is 0.493 e. The molecule has 0 aliphatic rings. The van der Waals surface area contributed by atoms with Crippen LogP contribution >= 0.6 is 0 Å². The van der Waals surface area contributed by atoms with E-state index in [0.29, 0.717) is 42.1 Å². The Morgan fingerprint density at radius 1 is 0.698 bits per heavy atom. The molecule has 0 heterocycles. The van der Waals surface area contributed by atoms with Crippen LogP contribution in [0.15, 0.2) is 97.1 Å². The van der Waals surface area contributed by atoms with Gasteiger partial charge in [0.25, 0.3) is 0 Å². The number of carbonyl (C=O) groups excluding carboxylic acids is 3. The summed E-state index contributed by atoms with van der Waals surface area (Å²) in [6, 6.07) is 25.2. The normalized spacial score (nSPS) is 11.4. The monoisotopic (exact) mass is 719 g/mol. The van der Waals surface area contributed by atoms with Crippen molar-refractivity contribution in [2.24, 2.45) is 0 Å². The van der Waals surface area contributed by atoms with Gasteiger partial charge in [-0.25, -0.2) is 14.4 Å². The fourth-order valence-electron chi connectivity index (χ4n) is 6.11. The van der Waals surface area contributed by atoms with Crippen LogP contribution in [0.2, 0.25) is 0 Å². The van der Waals surface area contributed by atoms with E-state index in [1.54, 1.807) is 42.5 Å². The van der Waals surface area contributed by atoms with Gasteiger partial charge in [0.1, 0.15) is 17.4 Å². The highest BCUT2D eigenvalue weighted by Crippen LogP contribution is 2.36. The van der Waals surface area contributed by atoms with Crippen LogP contribution in [-0.2, 0) is 25.6 Å². The van der Waals surface area contributed by atoms with Gasteiger partial charge in [-0.15, -0.1) is 0 Å². The van der Waals surface area contributed by atoms with Gasteiger partial charge in [-0.3, -0.25) is 19.3 Å². The second kappa shape index (κ2) is 17.0. The summed E-state index contributed by atoms with van der Waals surface area (Å²) in [6.07, 6.45) is 1.92. The van der Waals surface area contributed by atoms with Gasteiger partial charge in [0, 0.05) is 25.3 Å². The van der Waals surface area contributed by atoms with Crippen LogP contribution in [0.25, 0.3) is 21.5 Å². The lowest BCUT2D eigenvalue weighted by Gasteiger charge is -2.25. The van der Waals surface area contributed by atoms with Gasteiger partial charge in [-0.2, -0.15) is 0 Å². The number of amides is 3. The van der Waals surface area contributed by atoms with E-state index in [1.165, 1.54) is 37.3 Å². The van der Waals surface area contributed by atoms with Gasteiger partial charge in [-0.1, -0.05) is 66.7 Å². The first-order chi connectivity index (χ1) is 25.5. The van der Waals surface area contributed by atoms with E-state index in [1.807, 2.05) is 24.3 Å². The number of carboxylic acid groups (broad SMARTS) is 3. The number of fused-ring (bicyclic) bond motifs is 2. The zero-order chi connectivity index (χ0) is 38.1. The lowest BCUT2D eigenvalue weighted by Crippen LogP contribution is -2.47. The Labute approximate surface area is 303 Å². The Hall–Kier alpha value is -6.76. The number of rotatable bonds is 15. The predicted octanol–water partition coefficient (Wildman–Crippen LogP) is 5.55. The summed E-state index contributed by atoms with van der Waals surface area (Å²) in [6.45, 7) is 1.88. The zero-order valence-electron chi connectivity index (χ0n) is 28.7. The molecule has 5 N–H and O–H groups in total. The number of nitrogens with one attached hydrogen (secondary N) is 2. The fraction of sp³-hybridized carbons (Fsp3) is 0.200. The molecular weight excluding hydrogens is 682 g/mol. The minimum Gasteiger partial charge on any atom is -0.493 e. The zero-order valence-corrected chi connectivity index (χ0v) is 28.7. The summed E-state index contributed by atoms with van der Waals surface area (Å²) in [5.74, 6) is -6.15. The molecule has 0 aliphatic heterocycles. The smallest absolute Gasteiger partial charge is 0.395 e. The number of benzene rings is 5. The van der Waals surface area contributed by atoms with E-state index >= 15 is 0 Å². The Kier molecular flexibility index (Phi) is 12.0. The van der Waals surface area contributed by atoms with Crippen LogP contribution in [0.3, 0.4) is 0 Å². The van der Waals surface area contributed by atoms with Crippen molar-refractivity contribution in [3.05, 3.63) is 114 Å². The highest BCUT2D eigenvalue weighted by molar-refractivity contribution is 6.40. The van der Waals surface area contributed by atoms with Crippen molar-refractivity contribution >= 4 is 68.5 Å². The second-order valence-electron chi connectivity index (χ2n) is 12.2. The Morgan fingerprint density at radius 3 is 2.02 bits per heavy atom. The number of hydrogen-bond donors (Lipinski definition) is 5. The van der Waals surface area contributed by atoms with Crippen LogP contribution in [0.1, 0.15) is 52.5 Å². The van der Waals surface area contributed by atoms with E-state index in [9.17, 15) is 44.1 Å². The number of hydrogen-bond acceptors (Lipinski definition) is 7. The molecule has 5 aromatic carbocycles. The third kappa shape index (κ3) is 8.95. The number of aliphatic carboxylic acids is 1. The molecule has 53 heavy (non-hydrogen) atoms. The molecule has 0 saturated carbocycles. The van der Waals surface area contributed by atoms with Crippen molar-refractivity contribution in [1.29, 1.82) is 0 Å². The van der Waals surface area contributed by atoms with Gasteiger partial charge in [0.15, 0.2) is 0 Å². The third-order valence-corrected chi connectivity index (χ3v) is 8.57. The molecule has 1 atom stereocenters. The highest BCUT2D eigenvalue weighted by atomic mass is 16.5. The number of para-hydroxylation sites is 1. The van der Waals surface area contributed by atoms with Crippen LogP contribution in [0.5, 0.6) is 5.75 Å². The standard InChI is InChI=1S/C40H37N3O10/c1-24(44)42-32(36(45)41-19-9-2-10-20-53-35-23-26-12-4-3-11-25(26)21-31(35)39(49)50)22-27-17-18-34(29-14-6-5-13-28(27)29)43(37(46)40(51)52)33-16-8-7-15-30(33)38(47)48/h3-8,11-18,21,23,32H,2,9-10,19-20,22H2,1H3,(H,41,45)(H,42,44)(H,47,48)(H,49,50)(H,51,52). The van der Waals surface area contributed by atoms with E-state index in [-0.39, 0.29) is 41.3 Å². The van der Waals surface area contributed by atoms with Gasteiger partial charge in [0.2, 0.25) is 11.8 Å². The van der Waals surface area contributed by atoms with Crippen LogP contribution in [-0.4, -0.2) is 70.1 Å². The van der Waals surface area contributed by atoms with E-state index in [0.717, 1.165) is 15.7 Å². The molecule has 0 saturated heterocycles.